The number of nitrogens with two attached hydrogens (primary N) is 1. The van der Waals surface area contributed by atoms with Crippen molar-refractivity contribution in [3.63, 3.8) is 0 Å². The van der Waals surface area contributed by atoms with Crippen molar-refractivity contribution < 1.29 is 43.3 Å². The van der Waals surface area contributed by atoms with E-state index in [1.807, 2.05) is 0 Å². The number of alkyl halides is 1. The lowest BCUT2D eigenvalue weighted by Crippen LogP contribution is -2.35. The van der Waals surface area contributed by atoms with Crippen LogP contribution >= 0.6 is 19.4 Å². The second-order valence-corrected chi connectivity index (χ2v) is 11.3. The van der Waals surface area contributed by atoms with E-state index in [9.17, 15) is 34.4 Å². The highest BCUT2D eigenvalue weighted by atomic mass is 35.5. The molecule has 0 bridgehead atoms. The molecule has 20 nitrogen and oxygen atoms in total. The first-order valence-electron chi connectivity index (χ1n) is 12.2. The number of nitrogens with one attached hydrogen (secondary N) is 2. The Bertz CT molecular complexity index is 1790. The minimum Gasteiger partial charge on any atom is -0.394 e. The molecule has 4 aromatic rings. The maximum atomic E-state index is 13.0. The van der Waals surface area contributed by atoms with Gasteiger partial charge in [-0.3, -0.25) is 32.8 Å². The predicted molar refractivity (Wildman–Crippen MR) is 138 cm³/mol. The third-order valence-electron chi connectivity index (χ3n) is 6.81. The van der Waals surface area contributed by atoms with Gasteiger partial charge in [0.25, 0.3) is 11.1 Å². The fourth-order valence-electron chi connectivity index (χ4n) is 4.80. The number of halogens is 1. The normalized spacial score (nSPS) is 31.3. The summed E-state index contributed by atoms with van der Waals surface area (Å²) in [6.07, 6.45) is -6.16. The number of hydrogen-bond donors (Lipinski definition) is 7. The smallest absolute Gasteiger partial charge is 0.394 e. The van der Waals surface area contributed by atoms with Crippen LogP contribution in [0.3, 0.4) is 0 Å². The SMILES string of the molecule is Nc1nc2c(ncn2[C@@H]2O[C@H](CO)[C@@H](O)[C@H]2OP(=O)(O)OC[C@H]2O[C@@H](n3cnc4c(=O)[nH]cnc43)[C@@H](Cl)[C@@H]2O)c(=O)[nH]1. The van der Waals surface area contributed by atoms with Crippen LogP contribution in [-0.4, -0.2) is 108 Å². The summed E-state index contributed by atoms with van der Waals surface area (Å²) in [4.78, 5) is 55.3. The van der Waals surface area contributed by atoms with Crippen molar-refractivity contribution in [3.05, 3.63) is 39.7 Å². The number of rotatable bonds is 8. The summed E-state index contributed by atoms with van der Waals surface area (Å²) < 4.78 is 37.2. The molecular formula is C20H23ClN9O11P. The molecule has 0 amide bonds. The zero-order chi connectivity index (χ0) is 29.9. The molecule has 1 unspecified atom stereocenters. The van der Waals surface area contributed by atoms with E-state index in [-0.39, 0.29) is 28.3 Å². The van der Waals surface area contributed by atoms with Crippen LogP contribution in [-0.2, 0) is 23.1 Å². The van der Waals surface area contributed by atoms with E-state index in [4.69, 9.17) is 35.9 Å². The van der Waals surface area contributed by atoms with Gasteiger partial charge in [-0.15, -0.1) is 11.6 Å². The molecule has 0 aliphatic carbocycles. The Labute approximate surface area is 237 Å². The van der Waals surface area contributed by atoms with E-state index in [0.717, 1.165) is 17.2 Å². The summed E-state index contributed by atoms with van der Waals surface area (Å²) in [5.74, 6) is -0.252. The predicted octanol–water partition coefficient (Wildman–Crippen LogP) is -2.55. The van der Waals surface area contributed by atoms with Gasteiger partial charge in [0.1, 0.15) is 35.9 Å². The number of aliphatic hydroxyl groups is 3. The van der Waals surface area contributed by atoms with Crippen molar-refractivity contribution in [1.29, 1.82) is 0 Å². The number of anilines is 1. The topological polar surface area (TPSA) is 288 Å². The molecule has 2 fully saturated rings. The Hall–Kier alpha value is -3.30. The number of ether oxygens (including phenoxy) is 2. The van der Waals surface area contributed by atoms with Gasteiger partial charge in [-0.05, 0) is 0 Å². The summed E-state index contributed by atoms with van der Waals surface area (Å²) in [6.45, 7) is -1.39. The molecular weight excluding hydrogens is 609 g/mol. The lowest BCUT2D eigenvalue weighted by atomic mass is 10.1. The van der Waals surface area contributed by atoms with Crippen molar-refractivity contribution in [2.45, 2.75) is 48.4 Å². The molecule has 2 saturated heterocycles. The average Bonchev–Trinajstić information content (AvgIpc) is 3.69. The Balaban J connectivity index is 1.19. The summed E-state index contributed by atoms with van der Waals surface area (Å²) in [5.41, 5.74) is 4.37. The molecule has 0 radical (unpaired) electrons. The zero-order valence-electron chi connectivity index (χ0n) is 21.0. The monoisotopic (exact) mass is 631 g/mol. The van der Waals surface area contributed by atoms with Gasteiger partial charge in [0, 0.05) is 0 Å². The number of phosphoric acid groups is 1. The largest absolute Gasteiger partial charge is 0.472 e. The van der Waals surface area contributed by atoms with Crippen LogP contribution in [0.25, 0.3) is 22.3 Å². The highest BCUT2D eigenvalue weighted by molar-refractivity contribution is 7.47. The number of nitrogen functional groups attached to an aromatic ring is 1. The Morgan fingerprint density at radius 3 is 2.40 bits per heavy atom. The number of hydrogen-bond acceptors (Lipinski definition) is 15. The molecule has 0 aromatic carbocycles. The molecule has 6 heterocycles. The fourth-order valence-corrected chi connectivity index (χ4v) is 6.08. The second kappa shape index (κ2) is 10.8. The maximum Gasteiger partial charge on any atom is 0.472 e. The molecule has 4 aromatic heterocycles. The number of aromatic nitrogens is 8. The van der Waals surface area contributed by atoms with Crippen LogP contribution in [0.15, 0.2) is 28.6 Å². The van der Waals surface area contributed by atoms with E-state index in [2.05, 4.69) is 29.9 Å². The summed E-state index contributed by atoms with van der Waals surface area (Å²) in [5, 5.41) is 29.9. The minimum absolute atomic E-state index is 0.00802. The van der Waals surface area contributed by atoms with Gasteiger partial charge in [-0.2, -0.15) is 4.98 Å². The highest BCUT2D eigenvalue weighted by Crippen LogP contribution is 2.50. The summed E-state index contributed by atoms with van der Waals surface area (Å²) in [6, 6.07) is 0. The number of H-pyrrole nitrogens is 2. The number of fused-ring (bicyclic) bond motifs is 2. The van der Waals surface area contributed by atoms with Crippen LogP contribution in [0.2, 0.25) is 0 Å². The molecule has 0 saturated carbocycles. The highest BCUT2D eigenvalue weighted by Gasteiger charge is 2.50. The molecule has 42 heavy (non-hydrogen) atoms. The third kappa shape index (κ3) is 4.90. The van der Waals surface area contributed by atoms with Crippen molar-refractivity contribution in [2.75, 3.05) is 18.9 Å². The molecule has 22 heteroatoms. The number of nitrogens with zero attached hydrogens (tertiary/aromatic N) is 6. The number of imidazole rings is 2. The quantitative estimate of drug-likeness (QED) is 0.0778. The molecule has 2 aliphatic heterocycles. The zero-order valence-corrected chi connectivity index (χ0v) is 22.6. The Morgan fingerprint density at radius 2 is 1.69 bits per heavy atom. The first-order chi connectivity index (χ1) is 20.0. The standard InChI is InChI=1S/C20H23ClN9O11P/c21-8-11(32)7(40-18(8)29-4-25-9-14(29)23-3-24-16(9)34)2-38-42(36,37)41-13-12(33)6(1-31)39-19(13)30-5-26-10-15(30)27-20(22)28-17(10)35/h3-8,11-13,18-19,31-33H,1-2H2,(H,36,37)(H,23,24,34)(H3,22,27,28,35)/t6-,7-,8+,11-,12-,13-,18-,19-/m1/s1. The van der Waals surface area contributed by atoms with Gasteiger partial charge >= 0.3 is 7.82 Å². The van der Waals surface area contributed by atoms with E-state index in [1.165, 1.54) is 10.9 Å². The van der Waals surface area contributed by atoms with Gasteiger partial charge in [0.2, 0.25) is 5.95 Å². The molecule has 0 spiro atoms. The molecule has 8 N–H and O–H groups in total. The van der Waals surface area contributed by atoms with Crippen LogP contribution in [0.1, 0.15) is 12.5 Å². The maximum absolute atomic E-state index is 13.0. The van der Waals surface area contributed by atoms with Crippen LogP contribution in [0, 0.1) is 0 Å². The van der Waals surface area contributed by atoms with Crippen molar-refractivity contribution in [3.8, 4) is 0 Å². The molecule has 9 atom stereocenters. The van der Waals surface area contributed by atoms with Gasteiger partial charge in [-0.25, -0.2) is 19.5 Å². The molecule has 2 aliphatic rings. The van der Waals surface area contributed by atoms with Crippen molar-refractivity contribution in [1.82, 2.24) is 39.0 Å². The Morgan fingerprint density at radius 1 is 1.02 bits per heavy atom. The summed E-state index contributed by atoms with van der Waals surface area (Å²) >= 11 is 6.36. The fraction of sp³-hybridized carbons (Fsp3) is 0.500. The van der Waals surface area contributed by atoms with Crippen molar-refractivity contribution >= 4 is 47.7 Å². The number of aliphatic hydroxyl groups excluding tert-OH is 3. The van der Waals surface area contributed by atoms with Crippen molar-refractivity contribution in [2.24, 2.45) is 0 Å². The first-order valence-corrected chi connectivity index (χ1v) is 14.1. The molecule has 226 valence electrons. The number of aromatic amines is 2. The third-order valence-corrected chi connectivity index (χ3v) is 8.27. The van der Waals surface area contributed by atoms with Crippen LogP contribution in [0.4, 0.5) is 5.95 Å². The molecule has 6 rings (SSSR count). The van der Waals surface area contributed by atoms with E-state index >= 15 is 0 Å². The van der Waals surface area contributed by atoms with Gasteiger partial charge < -0.3 is 40.4 Å². The lowest BCUT2D eigenvalue weighted by Gasteiger charge is -2.25. The van der Waals surface area contributed by atoms with Crippen LogP contribution in [0.5, 0.6) is 0 Å². The van der Waals surface area contributed by atoms with Crippen LogP contribution < -0.4 is 16.9 Å². The summed E-state index contributed by atoms with van der Waals surface area (Å²) in [7, 11) is -5.04. The van der Waals surface area contributed by atoms with Gasteiger partial charge in [0.15, 0.2) is 34.8 Å². The van der Waals surface area contributed by atoms with E-state index in [1.54, 1.807) is 0 Å². The average molecular weight is 632 g/mol. The number of phosphoric ester groups is 1. The second-order valence-electron chi connectivity index (χ2n) is 9.40. The first kappa shape index (κ1) is 28.8. The van der Waals surface area contributed by atoms with E-state index < -0.39 is 80.5 Å². The van der Waals surface area contributed by atoms with Gasteiger partial charge in [-0.1, -0.05) is 0 Å². The lowest BCUT2D eigenvalue weighted by molar-refractivity contribution is -0.0592. The van der Waals surface area contributed by atoms with Gasteiger partial charge in [0.05, 0.1) is 32.2 Å². The minimum atomic E-state index is -5.04. The Kier molecular flexibility index (Phi) is 7.38. The van der Waals surface area contributed by atoms with E-state index in [0.29, 0.717) is 0 Å².